The molecule has 0 saturated carbocycles. The molecule has 0 nitrogen and oxygen atoms in total. The third-order valence-electron chi connectivity index (χ3n) is 8.75. The van der Waals surface area contributed by atoms with Crippen molar-refractivity contribution >= 4 is 44.1 Å². The Morgan fingerprint density at radius 2 is 0.645 bits per heavy atom. The van der Waals surface area contributed by atoms with Crippen molar-refractivity contribution in [2.45, 2.75) is 156 Å². The molecule has 0 heterocycles. The van der Waals surface area contributed by atoms with E-state index in [0.29, 0.717) is 20.2 Å². The molecule has 0 fully saturated rings. The third kappa shape index (κ3) is 6.06. The fraction of sp³-hybridized carbons (Fsp3) is 0.923. The van der Waals surface area contributed by atoms with Crippen LogP contribution in [0.3, 0.4) is 0 Å². The van der Waals surface area contributed by atoms with E-state index in [4.69, 9.17) is 5.33 Å². The molecule has 0 radical (unpaired) electrons. The van der Waals surface area contributed by atoms with Gasteiger partial charge in [0.15, 0.2) is 0 Å². The Morgan fingerprint density at radius 1 is 0.452 bits per heavy atom. The van der Waals surface area contributed by atoms with Crippen LogP contribution in [0.15, 0.2) is 4.82 Å². The molecule has 0 aliphatic rings. The Balaban J connectivity index is 8.46. The Labute approximate surface area is 203 Å². The van der Waals surface area contributed by atoms with Gasteiger partial charge in [0.2, 0.25) is 0 Å². The van der Waals surface area contributed by atoms with Crippen molar-refractivity contribution in [2.24, 2.45) is 0 Å². The summed E-state index contributed by atoms with van der Waals surface area (Å²) in [5.41, 5.74) is 0. The van der Waals surface area contributed by atoms with E-state index in [0.717, 1.165) is 0 Å². The minimum Gasteiger partial charge on any atom is -0.172 e. The maximum absolute atomic E-state index is 4.71. The van der Waals surface area contributed by atoms with Crippen molar-refractivity contribution in [3.05, 3.63) is 4.82 Å². The molecule has 184 valence electrons. The van der Waals surface area contributed by atoms with Crippen molar-refractivity contribution in [2.75, 3.05) is 0 Å². The van der Waals surface area contributed by atoms with Gasteiger partial charge in [0.25, 0.3) is 0 Å². The molecule has 0 N–H and O–H groups in total. The fourth-order valence-electron chi connectivity index (χ4n) is 6.12. The standard InChI is InChI=1S/C26H60Si5/c1-23(2,3)30(19,24(4,5)6)27(21-22(28(13,14)15)29(16,17)18)31(20,25(7,8)9)26(10,11)12/h1-20H3. The summed E-state index contributed by atoms with van der Waals surface area (Å²) in [5, 5.41) is 6.16. The van der Waals surface area contributed by atoms with Gasteiger partial charge in [-0.1, -0.05) is 140 Å². The van der Waals surface area contributed by atoms with E-state index in [9.17, 15) is 0 Å². The summed E-state index contributed by atoms with van der Waals surface area (Å²) in [6.45, 7) is 52.2. The highest BCUT2D eigenvalue weighted by atomic mass is 29.6. The first-order valence-electron chi connectivity index (χ1n) is 12.5. The quantitative estimate of drug-likeness (QED) is 0.329. The predicted molar refractivity (Wildman–Crippen MR) is 163 cm³/mol. The summed E-state index contributed by atoms with van der Waals surface area (Å²) in [4.78, 5) is 1.85. The largest absolute Gasteiger partial charge is 0.172 e. The highest BCUT2D eigenvalue weighted by molar-refractivity contribution is 7.63. The monoisotopic (exact) mass is 512 g/mol. The second-order valence-corrected chi connectivity index (χ2v) is 49.1. The molecule has 0 amide bonds. The van der Waals surface area contributed by atoms with Crippen LogP contribution >= 0.6 is 0 Å². The van der Waals surface area contributed by atoms with E-state index in [-0.39, 0.29) is 0 Å². The first-order chi connectivity index (χ1) is 13.0. The van der Waals surface area contributed by atoms with Crippen molar-refractivity contribution in [1.29, 1.82) is 0 Å². The van der Waals surface area contributed by atoms with Crippen molar-refractivity contribution in [3.8, 4) is 0 Å². The first-order valence-corrected chi connectivity index (χ1v) is 28.0. The van der Waals surface area contributed by atoms with Gasteiger partial charge in [0, 0.05) is 7.44 Å². The maximum Gasteiger partial charge on any atom is 0.0783 e. The van der Waals surface area contributed by atoms with Crippen LogP contribution in [-0.4, -0.2) is 44.1 Å². The third-order valence-corrected chi connectivity index (χ3v) is 56.2. The summed E-state index contributed by atoms with van der Waals surface area (Å²) < 4.78 is 0. The Morgan fingerprint density at radius 3 is 0.774 bits per heavy atom. The van der Waals surface area contributed by atoms with Gasteiger partial charge in [-0.05, 0) is 20.2 Å². The average Bonchev–Trinajstić information content (AvgIpc) is 2.38. The van der Waals surface area contributed by atoms with Crippen molar-refractivity contribution in [3.63, 3.8) is 0 Å². The number of hydrogen-bond donors (Lipinski definition) is 0. The van der Waals surface area contributed by atoms with Crippen LogP contribution in [0.25, 0.3) is 0 Å². The molecule has 0 saturated heterocycles. The van der Waals surface area contributed by atoms with Gasteiger partial charge < -0.3 is 0 Å². The Hall–Kier alpha value is 0.734. The van der Waals surface area contributed by atoms with E-state index >= 15 is 0 Å². The summed E-state index contributed by atoms with van der Waals surface area (Å²) in [6, 6.07) is 0. The first kappa shape index (κ1) is 31.7. The van der Waals surface area contributed by atoms with E-state index in [1.807, 2.05) is 4.82 Å². The SMILES string of the molecule is CC(C)(C)[Si](C)([Si](=C=C([Si](C)(C)C)[Si](C)(C)C)[Si](C)(C(C)(C)C)C(C)(C)C)C(C)(C)C. The zero-order valence-corrected chi connectivity index (χ0v) is 30.5. The van der Waals surface area contributed by atoms with Crippen LogP contribution in [0.1, 0.15) is 83.1 Å². The number of hydrogen-bond acceptors (Lipinski definition) is 0. The smallest absolute Gasteiger partial charge is 0.0783 e. The van der Waals surface area contributed by atoms with Crippen LogP contribution in [0, 0.1) is 0 Å². The molecule has 0 aliphatic heterocycles. The lowest BCUT2D eigenvalue weighted by Gasteiger charge is -2.60. The van der Waals surface area contributed by atoms with Gasteiger partial charge in [-0.2, -0.15) is 5.33 Å². The zero-order chi connectivity index (χ0) is 25.9. The number of rotatable bonds is 4. The molecule has 0 rings (SSSR count). The van der Waals surface area contributed by atoms with Crippen molar-refractivity contribution < 1.29 is 0 Å². The summed E-state index contributed by atoms with van der Waals surface area (Å²) >= 11 is 0. The normalized spacial score (nSPS) is 15.6. The Bertz CT molecular complexity index is 627. The van der Waals surface area contributed by atoms with Gasteiger partial charge >= 0.3 is 0 Å². The van der Waals surface area contributed by atoms with Gasteiger partial charge in [-0.3, -0.25) is 0 Å². The lowest BCUT2D eigenvalue weighted by molar-refractivity contribution is 0.627. The van der Waals surface area contributed by atoms with Crippen LogP contribution in [0.2, 0.25) is 72.5 Å². The van der Waals surface area contributed by atoms with Crippen LogP contribution in [0.4, 0.5) is 0 Å². The van der Waals surface area contributed by atoms with E-state index < -0.39 is 38.8 Å². The van der Waals surface area contributed by atoms with E-state index in [2.05, 4.69) is 135 Å². The molecule has 0 spiro atoms. The molecule has 0 aromatic rings. The van der Waals surface area contributed by atoms with E-state index in [1.54, 1.807) is 0 Å². The minimum absolute atomic E-state index is 0.362. The fourth-order valence-corrected chi connectivity index (χ4v) is 66.4. The predicted octanol–water partition coefficient (Wildman–Crippen LogP) is 9.66. The molecular weight excluding hydrogens is 453 g/mol. The second kappa shape index (κ2) is 8.75. The van der Waals surface area contributed by atoms with Crippen molar-refractivity contribution in [1.82, 2.24) is 0 Å². The molecule has 0 atom stereocenters. The topological polar surface area (TPSA) is 0 Å². The highest BCUT2D eigenvalue weighted by Gasteiger charge is 2.62. The van der Waals surface area contributed by atoms with Crippen LogP contribution < -0.4 is 0 Å². The van der Waals surface area contributed by atoms with Crippen LogP contribution in [0.5, 0.6) is 0 Å². The van der Waals surface area contributed by atoms with Gasteiger partial charge in [-0.15, -0.1) is 0 Å². The zero-order valence-electron chi connectivity index (χ0n) is 25.5. The van der Waals surface area contributed by atoms with Crippen LogP contribution in [-0.2, 0) is 0 Å². The van der Waals surface area contributed by atoms with Gasteiger partial charge in [-0.25, -0.2) is 0 Å². The lowest BCUT2D eigenvalue weighted by Crippen LogP contribution is -2.72. The Kier molecular flexibility index (Phi) is 8.96. The van der Waals surface area contributed by atoms with E-state index in [1.165, 1.54) is 0 Å². The van der Waals surface area contributed by atoms with Gasteiger partial charge in [0.1, 0.15) is 0 Å². The summed E-state index contributed by atoms with van der Waals surface area (Å²) in [7, 11) is -7.30. The highest BCUT2D eigenvalue weighted by Crippen LogP contribution is 2.58. The summed E-state index contributed by atoms with van der Waals surface area (Å²) in [5.74, 6) is 0. The maximum atomic E-state index is 4.71. The lowest BCUT2D eigenvalue weighted by atomic mass is 10.2. The average molecular weight is 513 g/mol. The summed E-state index contributed by atoms with van der Waals surface area (Å²) in [6.07, 6.45) is 0. The van der Waals surface area contributed by atoms with Gasteiger partial charge in [0.05, 0.1) is 31.3 Å². The molecule has 0 unspecified atom stereocenters. The minimum atomic E-state index is -1.78. The molecule has 0 aromatic heterocycles. The molecular formula is C26H60Si5. The molecule has 5 heteroatoms. The molecule has 0 aliphatic carbocycles. The molecule has 31 heavy (non-hydrogen) atoms. The molecule has 0 aromatic carbocycles. The second-order valence-electron chi connectivity index (χ2n) is 16.6. The molecule has 0 bridgehead atoms.